The largest absolute Gasteiger partial charge is 0.348 e. The van der Waals surface area contributed by atoms with E-state index in [0.717, 1.165) is 34.0 Å². The van der Waals surface area contributed by atoms with Crippen LogP contribution in [0.15, 0.2) is 52.2 Å². The predicted octanol–water partition coefficient (Wildman–Crippen LogP) is 3.43. The van der Waals surface area contributed by atoms with Crippen LogP contribution in [0.3, 0.4) is 0 Å². The molecule has 180 valence electrons. The molecule has 1 aliphatic carbocycles. The van der Waals surface area contributed by atoms with Gasteiger partial charge in [0.05, 0.1) is 29.0 Å². The standard InChI is InChI=1S/C26H22ClN7O2/c1-31-12-16(11-28)9-21(31)23-22-24(33(13-15-3-4-15)26(36)32(2)25(22)35)30-34(23)14-19-7-5-17-10-18(27)6-8-20(17)29-19/h5-10,12,15H,3-4,13-14H2,1-2H3. The van der Waals surface area contributed by atoms with Gasteiger partial charge in [0, 0.05) is 37.2 Å². The summed E-state index contributed by atoms with van der Waals surface area (Å²) in [4.78, 5) is 31.3. The first-order valence-electron chi connectivity index (χ1n) is 11.7. The Morgan fingerprint density at radius 1 is 1.14 bits per heavy atom. The fourth-order valence-electron chi connectivity index (χ4n) is 4.70. The molecule has 4 aromatic heterocycles. The molecule has 0 aliphatic heterocycles. The lowest BCUT2D eigenvalue weighted by atomic mass is 10.2. The average Bonchev–Trinajstić information content (AvgIpc) is 3.51. The van der Waals surface area contributed by atoms with Crippen molar-refractivity contribution >= 4 is 33.5 Å². The maximum Gasteiger partial charge on any atom is 0.332 e. The third kappa shape index (κ3) is 3.62. The molecule has 6 rings (SSSR count). The summed E-state index contributed by atoms with van der Waals surface area (Å²) in [6.07, 6.45) is 3.82. The number of nitrogens with zero attached hydrogens (tertiary/aromatic N) is 7. The molecule has 0 radical (unpaired) electrons. The monoisotopic (exact) mass is 499 g/mol. The van der Waals surface area contributed by atoms with Crippen molar-refractivity contribution in [3.63, 3.8) is 0 Å². The first kappa shape index (κ1) is 22.3. The number of benzene rings is 1. The van der Waals surface area contributed by atoms with Crippen LogP contribution in [0.4, 0.5) is 0 Å². The van der Waals surface area contributed by atoms with E-state index in [9.17, 15) is 14.9 Å². The number of rotatable bonds is 5. The van der Waals surface area contributed by atoms with Gasteiger partial charge in [0.1, 0.15) is 17.1 Å². The summed E-state index contributed by atoms with van der Waals surface area (Å²) in [5, 5.41) is 16.2. The number of aromatic nitrogens is 6. The second-order valence-corrected chi connectivity index (χ2v) is 9.82. The normalized spacial score (nSPS) is 13.5. The first-order valence-corrected chi connectivity index (χ1v) is 12.0. The topological polar surface area (TPSA) is 103 Å². The molecule has 1 fully saturated rings. The van der Waals surface area contributed by atoms with Crippen LogP contribution >= 0.6 is 11.6 Å². The lowest BCUT2D eigenvalue weighted by Crippen LogP contribution is -2.38. The van der Waals surface area contributed by atoms with Crippen LogP contribution in [-0.4, -0.2) is 28.5 Å². The Balaban J connectivity index is 1.61. The molecule has 10 heteroatoms. The van der Waals surface area contributed by atoms with Crippen molar-refractivity contribution in [3.8, 4) is 17.5 Å². The van der Waals surface area contributed by atoms with Crippen LogP contribution in [0.1, 0.15) is 24.1 Å². The molecule has 1 saturated carbocycles. The zero-order valence-corrected chi connectivity index (χ0v) is 20.5. The van der Waals surface area contributed by atoms with Gasteiger partial charge in [-0.1, -0.05) is 17.7 Å². The molecule has 0 atom stereocenters. The van der Waals surface area contributed by atoms with Crippen LogP contribution in [0, 0.1) is 17.2 Å². The molecule has 0 spiro atoms. The van der Waals surface area contributed by atoms with E-state index in [1.165, 1.54) is 7.05 Å². The Morgan fingerprint density at radius 3 is 2.67 bits per heavy atom. The van der Waals surface area contributed by atoms with Crippen molar-refractivity contribution in [3.05, 3.63) is 79.7 Å². The lowest BCUT2D eigenvalue weighted by molar-refractivity contribution is 0.571. The van der Waals surface area contributed by atoms with Gasteiger partial charge >= 0.3 is 5.69 Å². The molecule has 0 unspecified atom stereocenters. The van der Waals surface area contributed by atoms with Crippen molar-refractivity contribution in [2.45, 2.75) is 25.9 Å². The number of halogens is 1. The van der Waals surface area contributed by atoms with E-state index in [1.54, 1.807) is 32.1 Å². The molecule has 4 heterocycles. The van der Waals surface area contributed by atoms with Gasteiger partial charge in [-0.05, 0) is 49.1 Å². The highest BCUT2D eigenvalue weighted by Crippen LogP contribution is 2.33. The molecule has 5 aromatic rings. The van der Waals surface area contributed by atoms with Crippen molar-refractivity contribution in [2.24, 2.45) is 20.0 Å². The first-order chi connectivity index (χ1) is 17.3. The van der Waals surface area contributed by atoms with E-state index in [4.69, 9.17) is 21.7 Å². The maximum atomic E-state index is 13.5. The minimum Gasteiger partial charge on any atom is -0.348 e. The summed E-state index contributed by atoms with van der Waals surface area (Å²) in [6.45, 7) is 0.794. The summed E-state index contributed by atoms with van der Waals surface area (Å²) in [5.41, 5.74) is 2.79. The van der Waals surface area contributed by atoms with Crippen LogP contribution in [0.25, 0.3) is 33.3 Å². The van der Waals surface area contributed by atoms with Crippen molar-refractivity contribution in [2.75, 3.05) is 0 Å². The number of nitriles is 1. The number of pyridine rings is 1. The van der Waals surface area contributed by atoms with E-state index in [1.807, 2.05) is 31.3 Å². The highest BCUT2D eigenvalue weighted by atomic mass is 35.5. The number of fused-ring (bicyclic) bond motifs is 2. The van der Waals surface area contributed by atoms with Crippen LogP contribution in [0.2, 0.25) is 5.02 Å². The second-order valence-electron chi connectivity index (χ2n) is 9.38. The summed E-state index contributed by atoms with van der Waals surface area (Å²) < 4.78 is 6.28. The third-order valence-electron chi connectivity index (χ3n) is 6.76. The predicted molar refractivity (Wildman–Crippen MR) is 137 cm³/mol. The summed E-state index contributed by atoms with van der Waals surface area (Å²) in [5.74, 6) is 0.409. The molecule has 1 aliphatic rings. The van der Waals surface area contributed by atoms with Crippen LogP contribution in [-0.2, 0) is 27.2 Å². The Kier molecular flexibility index (Phi) is 5.09. The van der Waals surface area contributed by atoms with Crippen molar-refractivity contribution in [1.82, 2.24) is 28.5 Å². The minimum absolute atomic E-state index is 0.274. The molecule has 0 amide bonds. The van der Waals surface area contributed by atoms with Gasteiger partial charge in [0.2, 0.25) is 0 Å². The molecular weight excluding hydrogens is 478 g/mol. The number of hydrogen-bond donors (Lipinski definition) is 0. The Morgan fingerprint density at radius 2 is 1.94 bits per heavy atom. The van der Waals surface area contributed by atoms with E-state index < -0.39 is 5.56 Å². The SMILES string of the molecule is Cn1cc(C#N)cc1-c1c2c(=O)n(C)c(=O)n(CC3CC3)c2nn1Cc1ccc2cc(Cl)ccc2n1. The Bertz CT molecular complexity index is 1850. The minimum atomic E-state index is -0.413. The number of aryl methyl sites for hydroxylation is 1. The van der Waals surface area contributed by atoms with Gasteiger partial charge in [-0.3, -0.25) is 23.6 Å². The fraction of sp³-hybridized carbons (Fsp3) is 0.269. The van der Waals surface area contributed by atoms with E-state index in [2.05, 4.69) is 6.07 Å². The highest BCUT2D eigenvalue weighted by molar-refractivity contribution is 6.31. The van der Waals surface area contributed by atoms with E-state index in [-0.39, 0.29) is 12.2 Å². The van der Waals surface area contributed by atoms with Gasteiger partial charge in [-0.25, -0.2) is 4.79 Å². The molecule has 1 aromatic carbocycles. The average molecular weight is 500 g/mol. The maximum absolute atomic E-state index is 13.5. The molecule has 0 saturated heterocycles. The van der Waals surface area contributed by atoms with Crippen LogP contribution in [0.5, 0.6) is 0 Å². The van der Waals surface area contributed by atoms with Gasteiger partial charge in [0.15, 0.2) is 5.65 Å². The zero-order chi connectivity index (χ0) is 25.1. The summed E-state index contributed by atoms with van der Waals surface area (Å²) in [7, 11) is 3.32. The third-order valence-corrected chi connectivity index (χ3v) is 7.00. The van der Waals surface area contributed by atoms with Crippen LogP contribution < -0.4 is 11.2 Å². The molecule has 0 bridgehead atoms. The van der Waals surface area contributed by atoms with Gasteiger partial charge in [-0.15, -0.1) is 0 Å². The molecular formula is C26H22ClN7O2. The van der Waals surface area contributed by atoms with E-state index >= 15 is 0 Å². The van der Waals surface area contributed by atoms with Gasteiger partial charge < -0.3 is 4.57 Å². The van der Waals surface area contributed by atoms with E-state index in [0.29, 0.717) is 45.5 Å². The van der Waals surface area contributed by atoms with Gasteiger partial charge in [0.25, 0.3) is 5.56 Å². The fourth-order valence-corrected chi connectivity index (χ4v) is 4.88. The smallest absolute Gasteiger partial charge is 0.332 e. The van der Waals surface area contributed by atoms with Crippen molar-refractivity contribution < 1.29 is 0 Å². The second kappa shape index (κ2) is 8.21. The zero-order valence-electron chi connectivity index (χ0n) is 19.8. The molecule has 9 nitrogen and oxygen atoms in total. The molecule has 0 N–H and O–H groups in total. The van der Waals surface area contributed by atoms with Gasteiger partial charge in [-0.2, -0.15) is 10.4 Å². The Hall–Kier alpha value is -4.16. The lowest BCUT2D eigenvalue weighted by Gasteiger charge is -2.10. The highest BCUT2D eigenvalue weighted by Gasteiger charge is 2.28. The summed E-state index contributed by atoms with van der Waals surface area (Å²) >= 11 is 6.12. The summed E-state index contributed by atoms with van der Waals surface area (Å²) in [6, 6.07) is 13.3. The molecule has 36 heavy (non-hydrogen) atoms. The Labute approximate surface area is 210 Å². The number of hydrogen-bond acceptors (Lipinski definition) is 5. The van der Waals surface area contributed by atoms with Crippen molar-refractivity contribution in [1.29, 1.82) is 5.26 Å². The quantitative estimate of drug-likeness (QED) is 0.368.